The summed E-state index contributed by atoms with van der Waals surface area (Å²) in [5, 5.41) is 6.26. The fourth-order valence-corrected chi connectivity index (χ4v) is 4.66. The van der Waals surface area contributed by atoms with Crippen LogP contribution < -0.4 is 15.5 Å². The minimum atomic E-state index is -0.698. The molecular formula is C27H26N4O4. The van der Waals surface area contributed by atoms with Gasteiger partial charge in [-0.15, -0.1) is 0 Å². The van der Waals surface area contributed by atoms with E-state index in [1.54, 1.807) is 35.7 Å². The van der Waals surface area contributed by atoms with E-state index >= 15 is 0 Å². The number of Topliss-reactive ketones (excluding diaryl/α,β-unsaturated/α-hetero) is 1. The SMILES string of the molecule is O=C(CCC(=O)N1c2ccccc2NC2=C(C(=O)CCC2)[C@@H]1c1ccco1)NCc1ccncc1. The van der Waals surface area contributed by atoms with E-state index in [9.17, 15) is 14.4 Å². The second-order valence-corrected chi connectivity index (χ2v) is 8.62. The highest BCUT2D eigenvalue weighted by Gasteiger charge is 2.40. The molecule has 0 bridgehead atoms. The molecule has 1 aliphatic heterocycles. The predicted octanol–water partition coefficient (Wildman–Crippen LogP) is 4.28. The number of rotatable bonds is 6. The Labute approximate surface area is 203 Å². The third-order valence-corrected chi connectivity index (χ3v) is 6.32. The van der Waals surface area contributed by atoms with Crippen LogP contribution in [-0.4, -0.2) is 22.6 Å². The number of pyridine rings is 1. The Kier molecular flexibility index (Phi) is 6.43. The molecule has 1 aromatic carbocycles. The number of para-hydroxylation sites is 2. The highest BCUT2D eigenvalue weighted by atomic mass is 16.3. The van der Waals surface area contributed by atoms with Crippen LogP contribution in [0.3, 0.4) is 0 Å². The van der Waals surface area contributed by atoms with Crippen molar-refractivity contribution in [1.82, 2.24) is 10.3 Å². The standard InChI is InChI=1S/C27H26N4O4/c32-22-8-3-6-20-26(22)27(23-9-4-16-35-23)31(21-7-2-1-5-19(21)30-20)25(34)11-10-24(33)29-17-18-12-14-28-15-13-18/h1-2,4-5,7,9,12-16,27,30H,3,6,8,10-11,17H2,(H,29,33)/t27-/m0/s1. The number of anilines is 2. The molecule has 0 unspecified atom stereocenters. The first kappa shape index (κ1) is 22.6. The summed E-state index contributed by atoms with van der Waals surface area (Å²) in [4.78, 5) is 45.0. The predicted molar refractivity (Wildman–Crippen MR) is 130 cm³/mol. The van der Waals surface area contributed by atoms with E-state index in [0.29, 0.717) is 36.4 Å². The Hall–Kier alpha value is -4.20. The number of nitrogens with one attached hydrogen (secondary N) is 2. The summed E-state index contributed by atoms with van der Waals surface area (Å²) in [6, 6.07) is 14.0. The molecule has 5 rings (SSSR count). The van der Waals surface area contributed by atoms with Gasteiger partial charge in [0.05, 0.1) is 17.6 Å². The normalized spacial score (nSPS) is 17.2. The summed E-state index contributed by atoms with van der Waals surface area (Å²) in [5.41, 5.74) is 3.70. The molecule has 3 heterocycles. The first-order chi connectivity index (χ1) is 17.1. The van der Waals surface area contributed by atoms with E-state index in [4.69, 9.17) is 4.42 Å². The lowest BCUT2D eigenvalue weighted by Crippen LogP contribution is -2.38. The van der Waals surface area contributed by atoms with Gasteiger partial charge in [-0.25, -0.2) is 0 Å². The van der Waals surface area contributed by atoms with E-state index in [1.165, 1.54) is 0 Å². The Morgan fingerprint density at radius 1 is 1.06 bits per heavy atom. The maximum atomic E-state index is 13.7. The van der Waals surface area contributed by atoms with Crippen molar-refractivity contribution in [2.75, 3.05) is 10.2 Å². The van der Waals surface area contributed by atoms with Gasteiger partial charge in [-0.05, 0) is 54.8 Å². The summed E-state index contributed by atoms with van der Waals surface area (Å²) in [6.45, 7) is 0.367. The highest BCUT2D eigenvalue weighted by molar-refractivity contribution is 6.06. The molecular weight excluding hydrogens is 444 g/mol. The van der Waals surface area contributed by atoms with Crippen molar-refractivity contribution < 1.29 is 18.8 Å². The molecule has 0 fully saturated rings. The number of ketones is 1. The van der Waals surface area contributed by atoms with Crippen LogP contribution in [0.4, 0.5) is 11.4 Å². The van der Waals surface area contributed by atoms with Crippen molar-refractivity contribution in [2.45, 2.75) is 44.7 Å². The molecule has 0 saturated heterocycles. The Balaban J connectivity index is 1.43. The lowest BCUT2D eigenvalue weighted by Gasteiger charge is -2.32. The van der Waals surface area contributed by atoms with Gasteiger partial charge in [-0.1, -0.05) is 12.1 Å². The molecule has 0 radical (unpaired) electrons. The van der Waals surface area contributed by atoms with Crippen LogP contribution in [0.5, 0.6) is 0 Å². The first-order valence-corrected chi connectivity index (χ1v) is 11.7. The summed E-state index contributed by atoms with van der Waals surface area (Å²) in [7, 11) is 0. The van der Waals surface area contributed by atoms with Gasteiger partial charge in [-0.3, -0.25) is 24.3 Å². The fraction of sp³-hybridized carbons (Fsp3) is 0.259. The number of benzene rings is 1. The van der Waals surface area contributed by atoms with Crippen LogP contribution in [0.1, 0.15) is 49.5 Å². The second kappa shape index (κ2) is 9.97. The summed E-state index contributed by atoms with van der Waals surface area (Å²) >= 11 is 0. The van der Waals surface area contributed by atoms with Gasteiger partial charge in [-0.2, -0.15) is 0 Å². The van der Waals surface area contributed by atoms with Crippen molar-refractivity contribution in [2.24, 2.45) is 0 Å². The van der Waals surface area contributed by atoms with Crippen LogP contribution in [0.15, 0.2) is 82.9 Å². The molecule has 1 aliphatic carbocycles. The van der Waals surface area contributed by atoms with Crippen molar-refractivity contribution in [3.63, 3.8) is 0 Å². The topological polar surface area (TPSA) is 105 Å². The average Bonchev–Trinajstić information content (AvgIpc) is 3.36. The maximum Gasteiger partial charge on any atom is 0.228 e. The van der Waals surface area contributed by atoms with Crippen LogP contribution in [0, 0.1) is 0 Å². The summed E-state index contributed by atoms with van der Waals surface area (Å²) in [5.74, 6) is 0.0361. The third-order valence-electron chi connectivity index (χ3n) is 6.32. The lowest BCUT2D eigenvalue weighted by atomic mass is 9.88. The van der Waals surface area contributed by atoms with Gasteiger partial charge in [0.25, 0.3) is 0 Å². The number of hydrogen-bond donors (Lipinski definition) is 2. The van der Waals surface area contributed by atoms with E-state index in [0.717, 1.165) is 23.4 Å². The zero-order valence-electron chi connectivity index (χ0n) is 19.2. The molecule has 1 atom stereocenters. The first-order valence-electron chi connectivity index (χ1n) is 11.7. The number of amides is 2. The molecule has 2 amide bonds. The highest BCUT2D eigenvalue weighted by Crippen LogP contribution is 2.45. The molecule has 2 N–H and O–H groups in total. The third kappa shape index (κ3) is 4.73. The molecule has 0 saturated carbocycles. The van der Waals surface area contributed by atoms with Crippen LogP contribution in [-0.2, 0) is 20.9 Å². The molecule has 0 spiro atoms. The molecule has 178 valence electrons. The average molecular weight is 471 g/mol. The quantitative estimate of drug-likeness (QED) is 0.557. The number of aromatic nitrogens is 1. The largest absolute Gasteiger partial charge is 0.467 e. The minimum absolute atomic E-state index is 0.000787. The van der Waals surface area contributed by atoms with E-state index in [2.05, 4.69) is 15.6 Å². The van der Waals surface area contributed by atoms with Crippen LogP contribution in [0.25, 0.3) is 0 Å². The van der Waals surface area contributed by atoms with Crippen molar-refractivity contribution in [1.29, 1.82) is 0 Å². The fourth-order valence-electron chi connectivity index (χ4n) is 4.66. The monoisotopic (exact) mass is 470 g/mol. The van der Waals surface area contributed by atoms with Gasteiger partial charge in [0, 0.05) is 49.5 Å². The van der Waals surface area contributed by atoms with E-state index < -0.39 is 6.04 Å². The molecule has 8 nitrogen and oxygen atoms in total. The van der Waals surface area contributed by atoms with Crippen LogP contribution >= 0.6 is 0 Å². The van der Waals surface area contributed by atoms with Gasteiger partial charge >= 0.3 is 0 Å². The number of carbonyl (C=O) groups is 3. The molecule has 8 heteroatoms. The van der Waals surface area contributed by atoms with E-state index in [1.807, 2.05) is 36.4 Å². The summed E-state index contributed by atoms with van der Waals surface area (Å²) in [6.07, 6.45) is 6.79. The van der Waals surface area contributed by atoms with Crippen LogP contribution in [0.2, 0.25) is 0 Å². The number of fused-ring (bicyclic) bond motifs is 1. The van der Waals surface area contributed by atoms with Crippen molar-refractivity contribution >= 4 is 29.0 Å². The second-order valence-electron chi connectivity index (χ2n) is 8.62. The van der Waals surface area contributed by atoms with Gasteiger partial charge < -0.3 is 15.1 Å². The lowest BCUT2D eigenvalue weighted by molar-refractivity contribution is -0.125. The molecule has 2 aliphatic rings. The molecule has 3 aromatic rings. The smallest absolute Gasteiger partial charge is 0.228 e. The minimum Gasteiger partial charge on any atom is -0.467 e. The Bertz CT molecular complexity index is 1270. The van der Waals surface area contributed by atoms with Gasteiger partial charge in [0.2, 0.25) is 11.8 Å². The number of hydrogen-bond acceptors (Lipinski definition) is 6. The summed E-state index contributed by atoms with van der Waals surface area (Å²) < 4.78 is 5.74. The van der Waals surface area contributed by atoms with Gasteiger partial charge in [0.1, 0.15) is 11.8 Å². The van der Waals surface area contributed by atoms with Gasteiger partial charge in [0.15, 0.2) is 5.78 Å². The number of nitrogens with zero attached hydrogens (tertiary/aromatic N) is 2. The molecule has 35 heavy (non-hydrogen) atoms. The maximum absolute atomic E-state index is 13.7. The Morgan fingerprint density at radius 2 is 1.89 bits per heavy atom. The number of carbonyl (C=O) groups excluding carboxylic acids is 3. The van der Waals surface area contributed by atoms with Crippen molar-refractivity contribution in [3.05, 3.63) is 89.8 Å². The number of furan rings is 1. The molecule has 2 aromatic heterocycles. The van der Waals surface area contributed by atoms with E-state index in [-0.39, 0.29) is 30.4 Å². The zero-order valence-corrected chi connectivity index (χ0v) is 19.2. The Morgan fingerprint density at radius 3 is 2.69 bits per heavy atom. The number of allylic oxidation sites excluding steroid dienone is 1. The zero-order chi connectivity index (χ0) is 24.2. The van der Waals surface area contributed by atoms with Crippen molar-refractivity contribution in [3.8, 4) is 0 Å².